The molecule has 29 heavy (non-hydrogen) atoms. The molecule has 0 radical (unpaired) electrons. The van der Waals surface area contributed by atoms with E-state index in [1.54, 1.807) is 4.90 Å². The van der Waals surface area contributed by atoms with Gasteiger partial charge in [0, 0.05) is 0 Å². The monoisotopic (exact) mass is 459 g/mol. The number of hydrogen-bond acceptors (Lipinski definition) is 4. The molecule has 4 rings (SSSR count). The predicted octanol–water partition coefficient (Wildman–Crippen LogP) is 2.70. The van der Waals surface area contributed by atoms with Gasteiger partial charge in [0.2, 0.25) is 0 Å². The Bertz CT molecular complexity index is 873. The van der Waals surface area contributed by atoms with E-state index in [2.05, 4.69) is 0 Å². The van der Waals surface area contributed by atoms with Crippen molar-refractivity contribution in [1.82, 2.24) is 4.90 Å². The molecule has 3 atom stereocenters. The molecule has 0 unspecified atom stereocenters. The molecule has 2 saturated heterocycles. The number of nitrogens with zero attached hydrogens (tertiary/aromatic N) is 1. The van der Waals surface area contributed by atoms with E-state index >= 15 is 0 Å². The van der Waals surface area contributed by atoms with Crippen molar-refractivity contribution in [3.05, 3.63) is 66.2 Å². The van der Waals surface area contributed by atoms with Crippen molar-refractivity contribution in [2.75, 3.05) is 13.2 Å². The molecule has 152 valence electrons. The van der Waals surface area contributed by atoms with Crippen molar-refractivity contribution in [2.45, 2.75) is 36.9 Å². The second-order valence-electron chi connectivity index (χ2n) is 7.90. The zero-order valence-corrected chi connectivity index (χ0v) is 18.3. The van der Waals surface area contributed by atoms with Gasteiger partial charge in [-0.3, -0.25) is 0 Å². The summed E-state index contributed by atoms with van der Waals surface area (Å²) in [7, 11) is 0. The molecule has 2 aromatic carbocycles. The summed E-state index contributed by atoms with van der Waals surface area (Å²) in [4.78, 5) is 28.8. The van der Waals surface area contributed by atoms with Crippen LogP contribution in [0.2, 0.25) is 4.31 Å². The van der Waals surface area contributed by atoms with Gasteiger partial charge in [0.1, 0.15) is 0 Å². The number of ether oxygens (including phenoxy) is 2. The number of amides is 1. The van der Waals surface area contributed by atoms with Gasteiger partial charge in [-0.2, -0.15) is 0 Å². The topological polar surface area (TPSA) is 55.8 Å². The number of esters is 1. The van der Waals surface area contributed by atoms with Crippen LogP contribution in [-0.2, 0) is 19.1 Å². The molecule has 1 amide bonds. The Morgan fingerprint density at radius 3 is 2.48 bits per heavy atom. The molecule has 0 spiro atoms. The van der Waals surface area contributed by atoms with Crippen molar-refractivity contribution in [2.24, 2.45) is 5.92 Å². The van der Waals surface area contributed by atoms with Crippen molar-refractivity contribution in [3.63, 3.8) is 0 Å². The van der Waals surface area contributed by atoms with Gasteiger partial charge in [-0.05, 0) is 0 Å². The number of carbonyl (C=O) groups excluding carboxylic acids is 2. The van der Waals surface area contributed by atoms with Crippen LogP contribution in [0.15, 0.2) is 60.7 Å². The van der Waals surface area contributed by atoms with Gasteiger partial charge in [-0.15, -0.1) is 0 Å². The molecule has 2 aliphatic rings. The molecule has 2 aromatic rings. The fourth-order valence-corrected chi connectivity index (χ4v) is 6.57. The van der Waals surface area contributed by atoms with E-state index in [1.807, 2.05) is 74.5 Å². The Morgan fingerprint density at radius 2 is 1.83 bits per heavy atom. The van der Waals surface area contributed by atoms with E-state index in [1.165, 1.54) is 0 Å². The number of carbonyl (C=O) groups is 2. The summed E-state index contributed by atoms with van der Waals surface area (Å²) in [6, 6.07) is 19.4. The molecule has 6 heteroatoms. The van der Waals surface area contributed by atoms with E-state index in [4.69, 9.17) is 9.47 Å². The fraction of sp³-hybridized carbons (Fsp3) is 0.391. The summed E-state index contributed by atoms with van der Waals surface area (Å²) >= 11 is -0.370. The van der Waals surface area contributed by atoms with Gasteiger partial charge >= 0.3 is 177 Å². The minimum absolute atomic E-state index is 0.107. The van der Waals surface area contributed by atoms with Crippen LogP contribution in [0.5, 0.6) is 0 Å². The van der Waals surface area contributed by atoms with Crippen LogP contribution in [0.1, 0.15) is 32.1 Å². The molecular weight excluding hydrogens is 433 g/mol. The second-order valence-corrected chi connectivity index (χ2v) is 10.8. The number of benzene rings is 2. The van der Waals surface area contributed by atoms with Crippen molar-refractivity contribution >= 4 is 31.3 Å². The molecule has 0 N–H and O–H groups in total. The first-order chi connectivity index (χ1) is 14.0. The standard InChI is InChI=1S/C23H25NO4Se/c1-16(2)14-28-22(26)23(29-19-11-7-4-8-12-19)13-18-15-27-20(24(18)21(23)25)17-9-5-3-6-10-17/h3-12,16,18,20H,13-15H2,1-2H3/t18-,20+,23+/m0/s1. The Hall–Kier alpha value is -2.14. The fourth-order valence-electron chi connectivity index (χ4n) is 3.83. The maximum atomic E-state index is 13.7. The van der Waals surface area contributed by atoms with Crippen molar-refractivity contribution < 1.29 is 19.1 Å². The van der Waals surface area contributed by atoms with E-state index < -0.39 is 10.5 Å². The van der Waals surface area contributed by atoms with Crippen LogP contribution in [0.25, 0.3) is 0 Å². The van der Waals surface area contributed by atoms with Crippen LogP contribution >= 0.6 is 0 Å². The first kappa shape index (κ1) is 20.1. The van der Waals surface area contributed by atoms with Gasteiger partial charge in [-0.1, -0.05) is 0 Å². The van der Waals surface area contributed by atoms with Crippen LogP contribution < -0.4 is 4.46 Å². The maximum absolute atomic E-state index is 13.7. The second kappa shape index (κ2) is 8.31. The van der Waals surface area contributed by atoms with Crippen molar-refractivity contribution in [1.29, 1.82) is 0 Å². The van der Waals surface area contributed by atoms with Crippen LogP contribution in [-0.4, -0.2) is 51.0 Å². The van der Waals surface area contributed by atoms with Crippen LogP contribution in [0, 0.1) is 5.92 Å². The Labute approximate surface area is 177 Å². The Balaban J connectivity index is 1.66. The third kappa shape index (κ3) is 3.85. The average Bonchev–Trinajstić information content (AvgIpc) is 3.26. The average molecular weight is 458 g/mol. The third-order valence-electron chi connectivity index (χ3n) is 5.19. The summed E-state index contributed by atoms with van der Waals surface area (Å²) < 4.78 is 11.5. The summed E-state index contributed by atoms with van der Waals surface area (Å²) in [5, 5.41) is 0. The number of rotatable bonds is 6. The third-order valence-corrected chi connectivity index (χ3v) is 8.06. The van der Waals surface area contributed by atoms with E-state index in [9.17, 15) is 9.59 Å². The summed E-state index contributed by atoms with van der Waals surface area (Å²) in [5.74, 6) is -0.329. The SMILES string of the molecule is CC(C)COC(=O)[C@@]1([Se]c2ccccc2)C[C@H]2CO[C@H](c3ccccc3)N2C1=O. The van der Waals surface area contributed by atoms with E-state index in [0.29, 0.717) is 19.6 Å². The Kier molecular flexibility index (Phi) is 5.77. The molecule has 0 saturated carbocycles. The van der Waals surface area contributed by atoms with E-state index in [-0.39, 0.29) is 38.8 Å². The molecule has 2 fully saturated rings. The molecule has 0 aromatic heterocycles. The molecule has 2 heterocycles. The molecule has 2 aliphatic heterocycles. The minimum atomic E-state index is -1.13. The normalized spacial score (nSPS) is 26.0. The van der Waals surface area contributed by atoms with Gasteiger partial charge in [-0.25, -0.2) is 0 Å². The summed E-state index contributed by atoms with van der Waals surface area (Å²) in [6.07, 6.45) is 0.00103. The first-order valence-corrected chi connectivity index (χ1v) is 11.6. The van der Waals surface area contributed by atoms with Gasteiger partial charge in [0.25, 0.3) is 0 Å². The molecular formula is C23H25NO4Se. The summed E-state index contributed by atoms with van der Waals surface area (Å²) in [5.41, 5.74) is 0.932. The van der Waals surface area contributed by atoms with Crippen molar-refractivity contribution in [3.8, 4) is 0 Å². The molecule has 0 aliphatic carbocycles. The summed E-state index contributed by atoms with van der Waals surface area (Å²) in [6.45, 7) is 4.75. The van der Waals surface area contributed by atoms with Gasteiger partial charge < -0.3 is 0 Å². The number of fused-ring (bicyclic) bond motifs is 1. The van der Waals surface area contributed by atoms with E-state index in [0.717, 1.165) is 10.0 Å². The van der Waals surface area contributed by atoms with Gasteiger partial charge in [0.15, 0.2) is 0 Å². The zero-order valence-electron chi connectivity index (χ0n) is 16.6. The van der Waals surface area contributed by atoms with Crippen LogP contribution in [0.3, 0.4) is 0 Å². The quantitative estimate of drug-likeness (QED) is 0.380. The number of hydrogen-bond donors (Lipinski definition) is 0. The first-order valence-electron chi connectivity index (χ1n) is 9.92. The predicted molar refractivity (Wildman–Crippen MR) is 111 cm³/mol. The molecule has 0 bridgehead atoms. The van der Waals surface area contributed by atoms with Gasteiger partial charge in [0.05, 0.1) is 0 Å². The molecule has 5 nitrogen and oxygen atoms in total. The van der Waals surface area contributed by atoms with Crippen LogP contribution in [0.4, 0.5) is 0 Å². The Morgan fingerprint density at radius 1 is 1.17 bits per heavy atom. The zero-order chi connectivity index (χ0) is 20.4.